The number of benzene rings is 1. The summed E-state index contributed by atoms with van der Waals surface area (Å²) >= 11 is 12.1. The third-order valence-electron chi connectivity index (χ3n) is 4.15. The molecule has 2 aliphatic rings. The van der Waals surface area contributed by atoms with Crippen molar-refractivity contribution >= 4 is 41.4 Å². The Morgan fingerprint density at radius 3 is 2.41 bits per heavy atom. The second-order valence-corrected chi connectivity index (χ2v) is 6.38. The highest BCUT2D eigenvalue weighted by atomic mass is 35.5. The van der Waals surface area contributed by atoms with Crippen LogP contribution in [0.5, 0.6) is 0 Å². The number of carbonyl (C=O) groups is 2. The fourth-order valence-electron chi connectivity index (χ4n) is 2.95. The summed E-state index contributed by atoms with van der Waals surface area (Å²) in [6, 6.07) is 4.56. The van der Waals surface area contributed by atoms with Crippen LogP contribution in [0.25, 0.3) is 0 Å². The van der Waals surface area contributed by atoms with Crippen molar-refractivity contribution < 1.29 is 9.59 Å². The summed E-state index contributed by atoms with van der Waals surface area (Å²) in [7, 11) is 0. The first-order valence-electron chi connectivity index (χ1n) is 7.18. The molecule has 22 heavy (non-hydrogen) atoms. The molecule has 3 amide bonds. The van der Waals surface area contributed by atoms with Gasteiger partial charge in [-0.15, -0.1) is 5.01 Å². The van der Waals surface area contributed by atoms with Crippen LogP contribution in [0.1, 0.15) is 37.7 Å². The highest BCUT2D eigenvalue weighted by molar-refractivity contribution is 6.38. The summed E-state index contributed by atoms with van der Waals surface area (Å²) in [6.45, 7) is 0. The van der Waals surface area contributed by atoms with Crippen LogP contribution < -0.4 is 5.32 Å². The largest absolute Gasteiger partial charge is 0.346 e. The van der Waals surface area contributed by atoms with Crippen molar-refractivity contribution in [3.63, 3.8) is 0 Å². The van der Waals surface area contributed by atoms with Crippen molar-refractivity contribution in [1.29, 1.82) is 0 Å². The van der Waals surface area contributed by atoms with Crippen LogP contribution in [-0.2, 0) is 4.79 Å². The van der Waals surface area contributed by atoms with Gasteiger partial charge in [0, 0.05) is 5.56 Å². The highest BCUT2D eigenvalue weighted by Gasteiger charge is 2.51. The van der Waals surface area contributed by atoms with Gasteiger partial charge in [-0.25, -0.2) is 4.79 Å². The molecule has 1 saturated carbocycles. The number of hydrogen-bond acceptors (Lipinski definition) is 3. The highest BCUT2D eigenvalue weighted by Crippen LogP contribution is 2.33. The van der Waals surface area contributed by atoms with Crippen LogP contribution in [0.15, 0.2) is 23.3 Å². The predicted octanol–water partition coefficient (Wildman–Crippen LogP) is 3.58. The lowest BCUT2D eigenvalue weighted by Gasteiger charge is -2.29. The molecule has 1 aliphatic heterocycles. The Labute approximate surface area is 138 Å². The summed E-state index contributed by atoms with van der Waals surface area (Å²) in [4.78, 5) is 24.6. The number of imide groups is 1. The minimum absolute atomic E-state index is 0.295. The van der Waals surface area contributed by atoms with Gasteiger partial charge in [0.2, 0.25) is 0 Å². The van der Waals surface area contributed by atoms with Crippen LogP contribution in [0.4, 0.5) is 4.79 Å². The molecule has 3 rings (SSSR count). The zero-order valence-electron chi connectivity index (χ0n) is 11.8. The fraction of sp³-hybridized carbons (Fsp3) is 0.400. The topological polar surface area (TPSA) is 61.8 Å². The van der Waals surface area contributed by atoms with Crippen molar-refractivity contribution in [3.05, 3.63) is 33.8 Å². The second kappa shape index (κ2) is 5.89. The fourth-order valence-corrected chi connectivity index (χ4v) is 3.45. The summed E-state index contributed by atoms with van der Waals surface area (Å²) < 4.78 is 0. The minimum atomic E-state index is -0.781. The SMILES string of the molecule is O=C1NC2(CCCCC2)C(=O)N1/N=C\c1c(Cl)cccc1Cl. The van der Waals surface area contributed by atoms with Gasteiger partial charge in [0.05, 0.1) is 16.3 Å². The van der Waals surface area contributed by atoms with Crippen LogP contribution >= 0.6 is 23.2 Å². The molecule has 1 heterocycles. The zero-order valence-corrected chi connectivity index (χ0v) is 13.3. The Kier molecular flexibility index (Phi) is 4.10. The van der Waals surface area contributed by atoms with E-state index in [2.05, 4.69) is 10.4 Å². The van der Waals surface area contributed by atoms with Crippen molar-refractivity contribution in [2.24, 2.45) is 5.10 Å². The number of halogens is 2. The van der Waals surface area contributed by atoms with Gasteiger partial charge >= 0.3 is 6.03 Å². The maximum atomic E-state index is 12.5. The monoisotopic (exact) mass is 339 g/mol. The molecule has 0 aromatic heterocycles. The van der Waals surface area contributed by atoms with Crippen molar-refractivity contribution in [2.75, 3.05) is 0 Å². The van der Waals surface area contributed by atoms with E-state index in [0.717, 1.165) is 24.3 Å². The number of nitrogens with zero attached hydrogens (tertiary/aromatic N) is 2. The smallest absolute Gasteiger partial charge is 0.321 e. The van der Waals surface area contributed by atoms with Gasteiger partial charge in [0.15, 0.2) is 0 Å². The quantitative estimate of drug-likeness (QED) is 0.661. The maximum Gasteiger partial charge on any atom is 0.346 e. The van der Waals surface area contributed by atoms with Crippen molar-refractivity contribution in [1.82, 2.24) is 10.3 Å². The lowest BCUT2D eigenvalue weighted by Crippen LogP contribution is -2.48. The first kappa shape index (κ1) is 15.3. The zero-order chi connectivity index (χ0) is 15.7. The number of amides is 3. The van der Waals surface area contributed by atoms with E-state index in [-0.39, 0.29) is 5.91 Å². The van der Waals surface area contributed by atoms with Gasteiger partial charge in [0.1, 0.15) is 5.54 Å². The second-order valence-electron chi connectivity index (χ2n) is 5.57. The average molecular weight is 340 g/mol. The lowest BCUT2D eigenvalue weighted by atomic mass is 9.82. The Morgan fingerprint density at radius 1 is 1.14 bits per heavy atom. The van der Waals surface area contributed by atoms with Gasteiger partial charge in [-0.2, -0.15) is 5.10 Å². The molecule has 1 aromatic rings. The molecule has 1 spiro atoms. The Hall–Kier alpha value is -1.59. The molecule has 1 aromatic carbocycles. The molecular formula is C15H15Cl2N3O2. The van der Waals surface area contributed by atoms with Gasteiger partial charge in [-0.1, -0.05) is 48.5 Å². The number of hydrogen-bond donors (Lipinski definition) is 1. The van der Waals surface area contributed by atoms with E-state index in [1.54, 1.807) is 18.2 Å². The Morgan fingerprint density at radius 2 is 1.77 bits per heavy atom. The summed E-state index contributed by atoms with van der Waals surface area (Å²) in [6.07, 6.45) is 5.63. The molecule has 0 bridgehead atoms. The summed E-state index contributed by atoms with van der Waals surface area (Å²) in [5.41, 5.74) is -0.298. The first-order valence-corrected chi connectivity index (χ1v) is 7.94. The average Bonchev–Trinajstić information content (AvgIpc) is 2.71. The predicted molar refractivity (Wildman–Crippen MR) is 85.2 cm³/mol. The van der Waals surface area contributed by atoms with E-state index in [9.17, 15) is 9.59 Å². The van der Waals surface area contributed by atoms with Gasteiger partial charge < -0.3 is 5.32 Å². The standard InChI is InChI=1S/C15H15Cl2N3O2/c16-11-5-4-6-12(17)10(11)9-18-20-13(21)15(19-14(20)22)7-2-1-3-8-15/h4-6,9H,1-3,7-8H2,(H,19,22)/b18-9-. The third-order valence-corrected chi connectivity index (χ3v) is 4.81. The molecule has 2 fully saturated rings. The van der Waals surface area contributed by atoms with Crippen molar-refractivity contribution in [2.45, 2.75) is 37.6 Å². The minimum Gasteiger partial charge on any atom is -0.321 e. The molecule has 1 aliphatic carbocycles. The normalized spacial score (nSPS) is 20.9. The van der Waals surface area contributed by atoms with E-state index >= 15 is 0 Å². The van der Waals surface area contributed by atoms with E-state index in [0.29, 0.717) is 28.5 Å². The lowest BCUT2D eigenvalue weighted by molar-refractivity contribution is -0.132. The summed E-state index contributed by atoms with van der Waals surface area (Å²) in [5, 5.41) is 8.50. The van der Waals surface area contributed by atoms with Crippen molar-refractivity contribution in [3.8, 4) is 0 Å². The third kappa shape index (κ3) is 2.59. The number of rotatable bonds is 2. The summed E-state index contributed by atoms with van der Waals surface area (Å²) in [5.74, 6) is -0.295. The van der Waals surface area contributed by atoms with E-state index < -0.39 is 11.6 Å². The van der Waals surface area contributed by atoms with Crippen LogP contribution in [0, 0.1) is 0 Å². The number of carbonyl (C=O) groups excluding carboxylic acids is 2. The van der Waals surface area contributed by atoms with Gasteiger partial charge in [0.25, 0.3) is 5.91 Å². The molecule has 0 radical (unpaired) electrons. The van der Waals surface area contributed by atoms with Crippen LogP contribution in [0.3, 0.4) is 0 Å². The maximum absolute atomic E-state index is 12.5. The van der Waals surface area contributed by atoms with E-state index in [1.807, 2.05) is 0 Å². The van der Waals surface area contributed by atoms with Crippen LogP contribution in [-0.4, -0.2) is 28.7 Å². The van der Waals surface area contributed by atoms with E-state index in [1.165, 1.54) is 6.21 Å². The first-order chi connectivity index (χ1) is 10.5. The molecule has 1 N–H and O–H groups in total. The molecule has 1 saturated heterocycles. The number of urea groups is 1. The van der Waals surface area contributed by atoms with Gasteiger partial charge in [-0.3, -0.25) is 4.79 Å². The molecule has 0 atom stereocenters. The van der Waals surface area contributed by atoms with Gasteiger partial charge in [-0.05, 0) is 25.0 Å². The molecular weight excluding hydrogens is 325 g/mol. The van der Waals surface area contributed by atoms with Crippen LogP contribution in [0.2, 0.25) is 10.0 Å². The molecule has 5 nitrogen and oxygen atoms in total. The molecule has 116 valence electrons. The van der Waals surface area contributed by atoms with E-state index in [4.69, 9.17) is 23.2 Å². The Bertz CT molecular complexity index is 634. The molecule has 0 unspecified atom stereocenters. The number of hydrazone groups is 1. The number of nitrogens with one attached hydrogen (secondary N) is 1. The molecule has 7 heteroatoms. The Balaban J connectivity index is 1.85.